The molecule has 14 heavy (non-hydrogen) atoms. The van der Waals surface area contributed by atoms with Crippen LogP contribution in [0.15, 0.2) is 12.3 Å². The van der Waals surface area contributed by atoms with E-state index >= 15 is 0 Å². The van der Waals surface area contributed by atoms with Gasteiger partial charge in [0.15, 0.2) is 0 Å². The second-order valence-electron chi connectivity index (χ2n) is 2.53. The number of methoxy groups -OCH3 is 1. The summed E-state index contributed by atoms with van der Waals surface area (Å²) in [5.41, 5.74) is 0. The van der Waals surface area contributed by atoms with Crippen LogP contribution in [-0.2, 0) is 24.0 Å². The van der Waals surface area contributed by atoms with Crippen molar-refractivity contribution in [2.75, 3.05) is 7.11 Å². The monoisotopic (exact) mass is 199 g/mol. The molecule has 0 aromatic carbocycles. The quantitative estimate of drug-likeness (QED) is 0.356. The maximum atomic E-state index is 11.0. The van der Waals surface area contributed by atoms with E-state index in [9.17, 15) is 14.4 Å². The van der Waals surface area contributed by atoms with Gasteiger partial charge in [-0.2, -0.15) is 0 Å². The summed E-state index contributed by atoms with van der Waals surface area (Å²) >= 11 is 0. The van der Waals surface area contributed by atoms with Gasteiger partial charge in [0.25, 0.3) is 11.8 Å². The van der Waals surface area contributed by atoms with E-state index in [1.165, 1.54) is 7.11 Å². The van der Waals surface area contributed by atoms with Crippen molar-refractivity contribution in [1.29, 1.82) is 0 Å². The first-order valence-corrected chi connectivity index (χ1v) is 3.92. The molecule has 1 rings (SSSR count). The van der Waals surface area contributed by atoms with Gasteiger partial charge in [0.1, 0.15) is 0 Å². The summed E-state index contributed by atoms with van der Waals surface area (Å²) in [5, 5.41) is 0.475. The number of amides is 2. The van der Waals surface area contributed by atoms with Gasteiger partial charge in [-0.15, -0.1) is 5.06 Å². The highest BCUT2D eigenvalue weighted by Crippen LogP contribution is 2.11. The van der Waals surface area contributed by atoms with E-state index in [0.717, 1.165) is 12.3 Å². The van der Waals surface area contributed by atoms with Gasteiger partial charge >= 0.3 is 5.97 Å². The van der Waals surface area contributed by atoms with Crippen LogP contribution in [0.25, 0.3) is 0 Å². The Morgan fingerprint density at radius 2 is 1.93 bits per heavy atom. The molecule has 6 nitrogen and oxygen atoms in total. The van der Waals surface area contributed by atoms with Crippen LogP contribution in [0.1, 0.15) is 12.8 Å². The van der Waals surface area contributed by atoms with Crippen molar-refractivity contribution in [3.05, 3.63) is 12.3 Å². The molecule has 0 atom stereocenters. The van der Waals surface area contributed by atoms with Crippen LogP contribution in [0, 0.1) is 0 Å². The molecule has 2 amide bonds. The Labute approximate surface area is 80.0 Å². The molecule has 0 N–H and O–H groups in total. The highest BCUT2D eigenvalue weighted by molar-refractivity contribution is 6.02. The van der Waals surface area contributed by atoms with Crippen LogP contribution in [0.4, 0.5) is 0 Å². The number of ether oxygens (including phenoxy) is 1. The Morgan fingerprint density at radius 1 is 1.36 bits per heavy atom. The average Bonchev–Trinajstić information content (AvgIpc) is 2.46. The number of hydrogen-bond acceptors (Lipinski definition) is 5. The minimum atomic E-state index is -0.824. The maximum absolute atomic E-state index is 11.0. The third-order valence-electron chi connectivity index (χ3n) is 1.53. The fourth-order valence-electron chi connectivity index (χ4n) is 0.902. The van der Waals surface area contributed by atoms with Crippen molar-refractivity contribution in [2.45, 2.75) is 12.8 Å². The molecule has 0 saturated carbocycles. The molecule has 0 aromatic rings. The summed E-state index contributed by atoms with van der Waals surface area (Å²) in [6.07, 6.45) is 2.23. The van der Waals surface area contributed by atoms with Gasteiger partial charge in [-0.05, 0) is 0 Å². The van der Waals surface area contributed by atoms with E-state index in [1.807, 2.05) is 0 Å². The van der Waals surface area contributed by atoms with Crippen molar-refractivity contribution in [1.82, 2.24) is 5.06 Å². The third kappa shape index (κ3) is 2.32. The lowest BCUT2D eigenvalue weighted by molar-refractivity contribution is -0.193. The van der Waals surface area contributed by atoms with E-state index in [0.29, 0.717) is 5.06 Å². The molecular weight excluding hydrogens is 190 g/mol. The number of hydroxylamine groups is 2. The molecule has 1 aliphatic rings. The number of carbonyl (C=O) groups excluding carboxylic acids is 3. The number of imide groups is 1. The normalized spacial score (nSPS) is 16.5. The highest BCUT2D eigenvalue weighted by atomic mass is 16.7. The van der Waals surface area contributed by atoms with Crippen LogP contribution >= 0.6 is 0 Å². The predicted molar refractivity (Wildman–Crippen MR) is 43.3 cm³/mol. The maximum Gasteiger partial charge on any atom is 0.359 e. The summed E-state index contributed by atoms with van der Waals surface area (Å²) in [4.78, 5) is 37.3. The van der Waals surface area contributed by atoms with Crippen molar-refractivity contribution >= 4 is 17.8 Å². The molecular formula is C8H9NO5. The Balaban J connectivity index is 2.51. The topological polar surface area (TPSA) is 72.9 Å². The summed E-state index contributed by atoms with van der Waals surface area (Å²) in [6, 6.07) is 0. The van der Waals surface area contributed by atoms with Crippen LogP contribution in [0.5, 0.6) is 0 Å². The minimum absolute atomic E-state index is 0.0834. The minimum Gasteiger partial charge on any atom is -0.504 e. The van der Waals surface area contributed by atoms with E-state index in [-0.39, 0.29) is 12.8 Å². The van der Waals surface area contributed by atoms with Crippen LogP contribution in [-0.4, -0.2) is 30.0 Å². The van der Waals surface area contributed by atoms with Gasteiger partial charge in [0.2, 0.25) is 0 Å². The Bertz CT molecular complexity index is 280. The average molecular weight is 199 g/mol. The standard InChI is InChI=1S/C8H9NO5/c1-13-5-4-8(12)14-9-6(10)2-3-7(9)11/h4-5H,2-3H2,1H3/b5-4+. The lowest BCUT2D eigenvalue weighted by Crippen LogP contribution is -2.31. The molecule has 1 saturated heterocycles. The lowest BCUT2D eigenvalue weighted by atomic mass is 10.4. The summed E-state index contributed by atoms with van der Waals surface area (Å²) in [7, 11) is 1.36. The number of carbonyl (C=O) groups is 3. The summed E-state index contributed by atoms with van der Waals surface area (Å²) < 4.78 is 4.46. The first kappa shape index (κ1) is 10.2. The van der Waals surface area contributed by atoms with Crippen molar-refractivity contribution < 1.29 is 24.0 Å². The van der Waals surface area contributed by atoms with E-state index < -0.39 is 17.8 Å². The van der Waals surface area contributed by atoms with Crippen molar-refractivity contribution in [3.63, 3.8) is 0 Å². The van der Waals surface area contributed by atoms with Crippen LogP contribution in [0.2, 0.25) is 0 Å². The first-order valence-electron chi connectivity index (χ1n) is 3.92. The van der Waals surface area contributed by atoms with Gasteiger partial charge in [-0.3, -0.25) is 9.59 Å². The SMILES string of the molecule is CO/C=C/C(=O)ON1C(=O)CCC1=O. The Morgan fingerprint density at radius 3 is 2.43 bits per heavy atom. The fraction of sp³-hybridized carbons (Fsp3) is 0.375. The van der Waals surface area contributed by atoms with E-state index in [1.54, 1.807) is 0 Å². The second-order valence-corrected chi connectivity index (χ2v) is 2.53. The first-order chi connectivity index (χ1) is 6.65. The molecule has 0 spiro atoms. The van der Waals surface area contributed by atoms with Gasteiger partial charge in [0, 0.05) is 12.8 Å². The lowest BCUT2D eigenvalue weighted by Gasteiger charge is -2.10. The van der Waals surface area contributed by atoms with Gasteiger partial charge < -0.3 is 9.57 Å². The predicted octanol–water partition coefficient (Wildman–Crippen LogP) is -0.246. The zero-order valence-corrected chi connectivity index (χ0v) is 7.56. The van der Waals surface area contributed by atoms with Crippen molar-refractivity contribution in [3.8, 4) is 0 Å². The molecule has 1 aliphatic heterocycles. The third-order valence-corrected chi connectivity index (χ3v) is 1.53. The number of nitrogens with zero attached hydrogens (tertiary/aromatic N) is 1. The molecule has 0 radical (unpaired) electrons. The largest absolute Gasteiger partial charge is 0.504 e. The smallest absolute Gasteiger partial charge is 0.359 e. The van der Waals surface area contributed by atoms with Gasteiger partial charge in [-0.25, -0.2) is 4.79 Å². The highest BCUT2D eigenvalue weighted by Gasteiger charge is 2.32. The Kier molecular flexibility index (Phi) is 3.22. The molecule has 1 heterocycles. The molecule has 0 aliphatic carbocycles. The molecule has 76 valence electrons. The zero-order chi connectivity index (χ0) is 10.6. The molecule has 1 fully saturated rings. The van der Waals surface area contributed by atoms with Crippen LogP contribution in [0.3, 0.4) is 0 Å². The summed E-state index contributed by atoms with van der Waals surface area (Å²) in [5.74, 6) is -1.83. The van der Waals surface area contributed by atoms with Crippen LogP contribution < -0.4 is 0 Å². The molecule has 0 unspecified atom stereocenters. The van der Waals surface area contributed by atoms with Gasteiger partial charge in [0.05, 0.1) is 19.4 Å². The summed E-state index contributed by atoms with van der Waals surface area (Å²) in [6.45, 7) is 0. The van der Waals surface area contributed by atoms with E-state index in [2.05, 4.69) is 9.57 Å². The zero-order valence-electron chi connectivity index (χ0n) is 7.56. The number of rotatable bonds is 3. The number of hydrogen-bond donors (Lipinski definition) is 0. The second kappa shape index (κ2) is 4.40. The molecule has 0 bridgehead atoms. The molecule has 6 heteroatoms. The van der Waals surface area contributed by atoms with Gasteiger partial charge in [-0.1, -0.05) is 0 Å². The molecule has 0 aromatic heterocycles. The van der Waals surface area contributed by atoms with Crippen molar-refractivity contribution in [2.24, 2.45) is 0 Å². The fourth-order valence-corrected chi connectivity index (χ4v) is 0.902. The van der Waals surface area contributed by atoms with E-state index in [4.69, 9.17) is 0 Å². The Hall–Kier alpha value is -1.85.